The first-order chi connectivity index (χ1) is 15.0. The maximum absolute atomic E-state index is 13.0. The van der Waals surface area contributed by atoms with Gasteiger partial charge in [0.05, 0.1) is 25.0 Å². The van der Waals surface area contributed by atoms with Crippen LogP contribution in [-0.4, -0.2) is 48.9 Å². The van der Waals surface area contributed by atoms with Crippen LogP contribution in [0.25, 0.3) is 0 Å². The van der Waals surface area contributed by atoms with E-state index in [1.807, 2.05) is 55.2 Å². The van der Waals surface area contributed by atoms with E-state index in [1.54, 1.807) is 0 Å². The van der Waals surface area contributed by atoms with Crippen LogP contribution in [0, 0.1) is 17.8 Å². The summed E-state index contributed by atoms with van der Waals surface area (Å²) in [5.74, 6) is -0.823. The number of benzene rings is 1. The van der Waals surface area contributed by atoms with E-state index in [0.717, 1.165) is 17.7 Å². The molecule has 1 aliphatic heterocycles. The lowest BCUT2D eigenvalue weighted by molar-refractivity contribution is -0.145. The molecule has 0 aromatic heterocycles. The summed E-state index contributed by atoms with van der Waals surface area (Å²) in [5.41, 5.74) is 1.62. The molecule has 1 aromatic carbocycles. The number of nitrogens with one attached hydrogen (secondary N) is 2. The first kappa shape index (κ1) is 23.0. The molecule has 0 radical (unpaired) electrons. The molecule has 1 heterocycles. The largest absolute Gasteiger partial charge is 0.378 e. The fourth-order valence-electron chi connectivity index (χ4n) is 3.93. The number of hydrogen-bond acceptors (Lipinski definition) is 4. The maximum atomic E-state index is 13.0. The van der Waals surface area contributed by atoms with E-state index < -0.39 is 0 Å². The van der Waals surface area contributed by atoms with E-state index in [0.29, 0.717) is 45.7 Å². The first-order valence-corrected chi connectivity index (χ1v) is 11.2. The van der Waals surface area contributed by atoms with Gasteiger partial charge in [-0.15, -0.1) is 0 Å². The lowest BCUT2D eigenvalue weighted by Gasteiger charge is -2.34. The molecule has 7 heteroatoms. The van der Waals surface area contributed by atoms with Crippen molar-refractivity contribution in [2.45, 2.75) is 39.7 Å². The highest BCUT2D eigenvalue weighted by Crippen LogP contribution is 2.28. The number of anilines is 1. The summed E-state index contributed by atoms with van der Waals surface area (Å²) < 4.78 is 5.34. The molecule has 1 aromatic rings. The van der Waals surface area contributed by atoms with Gasteiger partial charge in [0.1, 0.15) is 0 Å². The zero-order valence-corrected chi connectivity index (χ0v) is 18.4. The molecule has 0 unspecified atom stereocenters. The highest BCUT2D eigenvalue weighted by atomic mass is 16.5. The SMILES string of the molecule is CC[C@H](C)C(=O)Nc1cccc(CNC(=O)[C@@H]2CC=CC[C@H]2C(=O)N2CCOCC2)c1. The van der Waals surface area contributed by atoms with E-state index in [4.69, 9.17) is 4.74 Å². The van der Waals surface area contributed by atoms with Gasteiger partial charge in [-0.25, -0.2) is 0 Å². The molecule has 2 aliphatic rings. The lowest BCUT2D eigenvalue weighted by atomic mass is 9.81. The zero-order chi connectivity index (χ0) is 22.2. The molecule has 0 spiro atoms. The Balaban J connectivity index is 1.59. The normalized spacial score (nSPS) is 21.9. The summed E-state index contributed by atoms with van der Waals surface area (Å²) in [4.78, 5) is 39.9. The standard InChI is InChI=1S/C24H33N3O4/c1-3-17(2)22(28)26-19-8-6-7-18(15-19)16-25-23(29)20-9-4-5-10-21(20)24(30)27-11-13-31-14-12-27/h4-8,15,17,20-21H,3,9-14,16H2,1-2H3,(H,25,29)(H,26,28)/t17-,20+,21+/m0/s1. The van der Waals surface area contributed by atoms with Crippen molar-refractivity contribution < 1.29 is 19.1 Å². The van der Waals surface area contributed by atoms with Crippen molar-refractivity contribution >= 4 is 23.4 Å². The molecule has 31 heavy (non-hydrogen) atoms. The molecule has 3 amide bonds. The van der Waals surface area contributed by atoms with Gasteiger partial charge in [-0.2, -0.15) is 0 Å². The van der Waals surface area contributed by atoms with Crippen LogP contribution in [-0.2, 0) is 25.7 Å². The third-order valence-corrected chi connectivity index (χ3v) is 6.13. The Hall–Kier alpha value is -2.67. The Kier molecular flexibility index (Phi) is 8.23. The van der Waals surface area contributed by atoms with Crippen molar-refractivity contribution in [3.05, 3.63) is 42.0 Å². The van der Waals surface area contributed by atoms with Crippen LogP contribution < -0.4 is 10.6 Å². The molecular formula is C24H33N3O4. The van der Waals surface area contributed by atoms with Gasteiger partial charge in [0.2, 0.25) is 17.7 Å². The summed E-state index contributed by atoms with van der Waals surface area (Å²) in [6, 6.07) is 7.49. The number of carbonyl (C=O) groups is 3. The van der Waals surface area contributed by atoms with Gasteiger partial charge in [0.15, 0.2) is 0 Å². The van der Waals surface area contributed by atoms with Gasteiger partial charge in [0, 0.05) is 31.2 Å². The Labute approximate surface area is 184 Å². The smallest absolute Gasteiger partial charge is 0.227 e. The second-order valence-electron chi connectivity index (χ2n) is 8.31. The minimum absolute atomic E-state index is 0.0119. The fraction of sp³-hybridized carbons (Fsp3) is 0.542. The number of ether oxygens (including phenoxy) is 1. The summed E-state index contributed by atoms with van der Waals surface area (Å²) in [6.07, 6.45) is 5.92. The third-order valence-electron chi connectivity index (χ3n) is 6.13. The van der Waals surface area contributed by atoms with Crippen molar-refractivity contribution in [3.63, 3.8) is 0 Å². The molecule has 168 valence electrons. The monoisotopic (exact) mass is 427 g/mol. The van der Waals surface area contributed by atoms with Crippen molar-refractivity contribution in [2.75, 3.05) is 31.6 Å². The molecule has 0 saturated carbocycles. The average Bonchev–Trinajstić information content (AvgIpc) is 2.82. The van der Waals surface area contributed by atoms with Crippen molar-refractivity contribution in [2.24, 2.45) is 17.8 Å². The summed E-state index contributed by atoms with van der Waals surface area (Å²) >= 11 is 0. The van der Waals surface area contributed by atoms with Crippen LogP contribution >= 0.6 is 0 Å². The summed E-state index contributed by atoms with van der Waals surface area (Å²) in [7, 11) is 0. The number of morpholine rings is 1. The van der Waals surface area contributed by atoms with E-state index in [2.05, 4.69) is 10.6 Å². The molecule has 2 N–H and O–H groups in total. The second kappa shape index (κ2) is 11.1. The van der Waals surface area contributed by atoms with E-state index in [1.165, 1.54) is 0 Å². The zero-order valence-electron chi connectivity index (χ0n) is 18.4. The van der Waals surface area contributed by atoms with Crippen LogP contribution in [0.1, 0.15) is 38.7 Å². The molecule has 7 nitrogen and oxygen atoms in total. The molecule has 1 aliphatic carbocycles. The quantitative estimate of drug-likeness (QED) is 0.655. The lowest BCUT2D eigenvalue weighted by Crippen LogP contribution is -2.48. The van der Waals surface area contributed by atoms with Crippen LogP contribution in [0.4, 0.5) is 5.69 Å². The molecule has 1 saturated heterocycles. The third kappa shape index (κ3) is 6.17. The number of nitrogens with zero attached hydrogens (tertiary/aromatic N) is 1. The molecule has 0 bridgehead atoms. The van der Waals surface area contributed by atoms with Gasteiger partial charge < -0.3 is 20.3 Å². The Morgan fingerprint density at radius 2 is 1.84 bits per heavy atom. The van der Waals surface area contributed by atoms with Crippen molar-refractivity contribution in [1.82, 2.24) is 10.2 Å². The molecule has 3 rings (SSSR count). The predicted molar refractivity (Wildman–Crippen MR) is 119 cm³/mol. The van der Waals surface area contributed by atoms with Crippen LogP contribution in [0.2, 0.25) is 0 Å². The molecular weight excluding hydrogens is 394 g/mol. The van der Waals surface area contributed by atoms with Gasteiger partial charge in [-0.3, -0.25) is 14.4 Å². The van der Waals surface area contributed by atoms with Crippen LogP contribution in [0.3, 0.4) is 0 Å². The highest BCUT2D eigenvalue weighted by Gasteiger charge is 2.36. The van der Waals surface area contributed by atoms with Crippen LogP contribution in [0.15, 0.2) is 36.4 Å². The number of rotatable bonds is 7. The molecule has 1 fully saturated rings. The molecule has 3 atom stereocenters. The Bertz CT molecular complexity index is 817. The van der Waals surface area contributed by atoms with Gasteiger partial charge in [0.25, 0.3) is 0 Å². The summed E-state index contributed by atoms with van der Waals surface area (Å²) in [6.45, 7) is 6.50. The number of allylic oxidation sites excluding steroid dienone is 2. The van der Waals surface area contributed by atoms with Gasteiger partial charge in [-0.1, -0.05) is 38.1 Å². The number of carbonyl (C=O) groups excluding carboxylic acids is 3. The topological polar surface area (TPSA) is 87.7 Å². The Morgan fingerprint density at radius 3 is 2.55 bits per heavy atom. The number of hydrogen-bond donors (Lipinski definition) is 2. The van der Waals surface area contributed by atoms with Crippen molar-refractivity contribution in [3.8, 4) is 0 Å². The maximum Gasteiger partial charge on any atom is 0.227 e. The minimum Gasteiger partial charge on any atom is -0.378 e. The van der Waals surface area contributed by atoms with Gasteiger partial charge >= 0.3 is 0 Å². The predicted octanol–water partition coefficient (Wildman–Crippen LogP) is 2.73. The highest BCUT2D eigenvalue weighted by molar-refractivity contribution is 5.92. The van der Waals surface area contributed by atoms with Crippen molar-refractivity contribution in [1.29, 1.82) is 0 Å². The number of amides is 3. The first-order valence-electron chi connectivity index (χ1n) is 11.2. The van der Waals surface area contributed by atoms with E-state index in [9.17, 15) is 14.4 Å². The van der Waals surface area contributed by atoms with Crippen LogP contribution in [0.5, 0.6) is 0 Å². The fourth-order valence-corrected chi connectivity index (χ4v) is 3.93. The Morgan fingerprint density at radius 1 is 1.13 bits per heavy atom. The average molecular weight is 428 g/mol. The summed E-state index contributed by atoms with van der Waals surface area (Å²) in [5, 5.41) is 5.91. The second-order valence-corrected chi connectivity index (χ2v) is 8.31. The van der Waals surface area contributed by atoms with Gasteiger partial charge in [-0.05, 0) is 37.0 Å². The van der Waals surface area contributed by atoms with E-state index >= 15 is 0 Å². The van der Waals surface area contributed by atoms with E-state index in [-0.39, 0.29) is 35.5 Å². The minimum atomic E-state index is -0.367.